The number of fused-ring (bicyclic) bond motifs is 1. The summed E-state index contributed by atoms with van der Waals surface area (Å²) in [7, 11) is 6.09. The molecule has 3 heterocycles. The Morgan fingerprint density at radius 2 is 1.67 bits per heavy atom. The minimum Gasteiger partial charge on any atom is -0.493 e. The van der Waals surface area contributed by atoms with E-state index in [0.717, 1.165) is 36.3 Å². The van der Waals surface area contributed by atoms with E-state index in [-0.39, 0.29) is 16.6 Å². The van der Waals surface area contributed by atoms with Crippen molar-refractivity contribution in [3.8, 4) is 11.4 Å². The van der Waals surface area contributed by atoms with Crippen LogP contribution in [0.3, 0.4) is 0 Å². The Balaban J connectivity index is 1.31. The minimum absolute atomic E-state index is 0.0929. The number of aromatic nitrogens is 2. The first kappa shape index (κ1) is 33.1. The molecule has 1 N–H and O–H groups in total. The molecule has 0 atom stereocenters. The molecule has 2 aromatic carbocycles. The second kappa shape index (κ2) is 14.4. The maximum Gasteiger partial charge on any atom is 0.261 e. The van der Waals surface area contributed by atoms with Crippen LogP contribution in [0.25, 0.3) is 16.7 Å². The lowest BCUT2D eigenvalue weighted by atomic mass is 10.1. The zero-order valence-corrected chi connectivity index (χ0v) is 27.2. The molecule has 0 spiro atoms. The van der Waals surface area contributed by atoms with Crippen molar-refractivity contribution in [3.63, 3.8) is 0 Å². The summed E-state index contributed by atoms with van der Waals surface area (Å²) in [5, 5.41) is 2.69. The van der Waals surface area contributed by atoms with Gasteiger partial charge in [-0.1, -0.05) is 12.8 Å². The van der Waals surface area contributed by atoms with Crippen LogP contribution in [0.5, 0.6) is 5.75 Å². The molecule has 0 aliphatic carbocycles. The van der Waals surface area contributed by atoms with Gasteiger partial charge in [0.25, 0.3) is 5.91 Å². The van der Waals surface area contributed by atoms with E-state index >= 15 is 0 Å². The fourth-order valence-corrected chi connectivity index (χ4v) is 6.20. The summed E-state index contributed by atoms with van der Waals surface area (Å²) in [5.41, 5.74) is 1.13. The normalized spacial score (nSPS) is 14.0. The van der Waals surface area contributed by atoms with E-state index in [1.165, 1.54) is 62.4 Å². The highest BCUT2D eigenvalue weighted by molar-refractivity contribution is 6.05. The van der Waals surface area contributed by atoms with Gasteiger partial charge >= 0.3 is 0 Å². The summed E-state index contributed by atoms with van der Waals surface area (Å²) >= 11 is 0. The zero-order valence-electron chi connectivity index (χ0n) is 27.2. The molecule has 1 amide bonds. The monoisotopic (exact) mass is 632 g/mol. The maximum atomic E-state index is 13.8. The van der Waals surface area contributed by atoms with E-state index in [1.54, 1.807) is 16.7 Å². The first-order valence-electron chi connectivity index (χ1n) is 16.1. The first-order chi connectivity index (χ1) is 22.0. The fourth-order valence-electron chi connectivity index (χ4n) is 6.20. The Morgan fingerprint density at radius 3 is 2.37 bits per heavy atom. The van der Waals surface area contributed by atoms with Crippen LogP contribution in [0, 0.1) is 18.6 Å². The van der Waals surface area contributed by atoms with Crippen molar-refractivity contribution in [1.29, 1.82) is 0 Å². The molecule has 5 rings (SSSR count). The third kappa shape index (κ3) is 7.91. The van der Waals surface area contributed by atoms with Crippen LogP contribution in [0.1, 0.15) is 60.9 Å². The second-order valence-corrected chi connectivity index (χ2v) is 12.9. The average molecular weight is 633 g/mol. The molecule has 1 fully saturated rings. The van der Waals surface area contributed by atoms with Crippen LogP contribution in [-0.2, 0) is 0 Å². The molecule has 1 aliphatic heterocycles. The number of quaternary nitrogens is 1. The standard InChI is InChI=1S/C36H43F2N5O3/c1-25-20-29(12-14-32(25)46-19-11-7-5-6-8-16-43(4)17-9-10-18-43)42-24-31(36(45)39-28-22-26(37)21-27(38)23-28)34(44)30-13-15-33(41(2)3)40-35(30)42/h12-15,20-24H,5-11,16-19H2,1-4H3/p+1. The van der Waals surface area contributed by atoms with Crippen molar-refractivity contribution >= 4 is 28.4 Å². The average Bonchev–Trinajstić information content (AvgIpc) is 3.44. The molecule has 2 aromatic heterocycles. The summed E-state index contributed by atoms with van der Waals surface area (Å²) < 4.78 is 36.6. The van der Waals surface area contributed by atoms with Crippen LogP contribution < -0.4 is 20.4 Å². The third-order valence-electron chi connectivity index (χ3n) is 8.84. The van der Waals surface area contributed by atoms with Crippen molar-refractivity contribution in [2.75, 3.05) is 57.6 Å². The Hall–Kier alpha value is -4.31. The largest absolute Gasteiger partial charge is 0.493 e. The second-order valence-electron chi connectivity index (χ2n) is 12.9. The SMILES string of the molecule is Cc1cc(-n2cc(C(=O)Nc3cc(F)cc(F)c3)c(=O)c3ccc(N(C)C)nc32)ccc1OCCCCCCC[N+]1(C)CCCC1. The quantitative estimate of drug-likeness (QED) is 0.129. The van der Waals surface area contributed by atoms with Gasteiger partial charge in [0, 0.05) is 50.6 Å². The molecule has 1 aliphatic rings. The number of carbonyl (C=O) groups excluding carboxylic acids is 1. The predicted molar refractivity (Wildman–Crippen MR) is 179 cm³/mol. The van der Waals surface area contributed by atoms with Gasteiger partial charge in [-0.25, -0.2) is 13.8 Å². The van der Waals surface area contributed by atoms with Crippen LogP contribution in [0.15, 0.2) is 59.5 Å². The van der Waals surface area contributed by atoms with Gasteiger partial charge in [0.15, 0.2) is 5.65 Å². The lowest BCUT2D eigenvalue weighted by Crippen LogP contribution is -2.41. The molecule has 0 radical (unpaired) electrons. The summed E-state index contributed by atoms with van der Waals surface area (Å²) in [6.07, 6.45) is 10.0. The summed E-state index contributed by atoms with van der Waals surface area (Å²) in [6, 6.07) is 11.7. The Bertz CT molecular complexity index is 1740. The highest BCUT2D eigenvalue weighted by Crippen LogP contribution is 2.26. The number of rotatable bonds is 13. The van der Waals surface area contributed by atoms with Crippen LogP contribution in [0.4, 0.5) is 20.3 Å². The number of aryl methyl sites for hydroxylation is 1. The van der Waals surface area contributed by atoms with Crippen molar-refractivity contribution in [2.45, 2.75) is 51.9 Å². The summed E-state index contributed by atoms with van der Waals surface area (Å²) in [6.45, 7) is 6.53. The summed E-state index contributed by atoms with van der Waals surface area (Å²) in [4.78, 5) is 33.3. The predicted octanol–water partition coefficient (Wildman–Crippen LogP) is 6.86. The molecule has 1 saturated heterocycles. The van der Waals surface area contributed by atoms with E-state index < -0.39 is 23.0 Å². The van der Waals surface area contributed by atoms with Gasteiger partial charge in [-0.3, -0.25) is 9.59 Å². The minimum atomic E-state index is -0.840. The van der Waals surface area contributed by atoms with E-state index in [2.05, 4.69) is 12.4 Å². The van der Waals surface area contributed by atoms with Gasteiger partial charge < -0.3 is 24.0 Å². The highest BCUT2D eigenvalue weighted by atomic mass is 19.1. The Kier molecular flexibility index (Phi) is 10.4. The fraction of sp³-hybridized carbons (Fsp3) is 0.417. The number of benzene rings is 2. The number of pyridine rings is 2. The Morgan fingerprint density at radius 1 is 0.978 bits per heavy atom. The van der Waals surface area contributed by atoms with Crippen molar-refractivity contribution < 1.29 is 22.8 Å². The third-order valence-corrected chi connectivity index (χ3v) is 8.84. The van der Waals surface area contributed by atoms with Gasteiger partial charge in [-0.15, -0.1) is 0 Å². The number of halogens is 2. The number of ether oxygens (including phenoxy) is 1. The molecule has 0 saturated carbocycles. The number of hydrogen-bond acceptors (Lipinski definition) is 5. The van der Waals surface area contributed by atoms with Gasteiger partial charge in [-0.05, 0) is 74.2 Å². The number of nitrogens with zero attached hydrogens (tertiary/aromatic N) is 4. The highest BCUT2D eigenvalue weighted by Gasteiger charge is 2.25. The number of carbonyl (C=O) groups is 1. The molecule has 0 unspecified atom stereocenters. The van der Waals surface area contributed by atoms with Crippen LogP contribution >= 0.6 is 0 Å². The van der Waals surface area contributed by atoms with Crippen molar-refractivity contribution in [1.82, 2.24) is 9.55 Å². The van der Waals surface area contributed by atoms with E-state index in [0.29, 0.717) is 29.8 Å². The zero-order chi connectivity index (χ0) is 32.8. The molecule has 0 bridgehead atoms. The molecule has 10 heteroatoms. The van der Waals surface area contributed by atoms with Crippen molar-refractivity contribution in [3.05, 3.63) is 87.7 Å². The molecule has 4 aromatic rings. The lowest BCUT2D eigenvalue weighted by molar-refractivity contribution is -0.897. The number of unbranched alkanes of at least 4 members (excludes halogenated alkanes) is 4. The van der Waals surface area contributed by atoms with Gasteiger partial charge in [0.1, 0.15) is 28.8 Å². The number of amides is 1. The molecule has 244 valence electrons. The van der Waals surface area contributed by atoms with Crippen LogP contribution in [0.2, 0.25) is 0 Å². The topological polar surface area (TPSA) is 76.5 Å². The van der Waals surface area contributed by atoms with Crippen LogP contribution in [-0.4, -0.2) is 67.3 Å². The van der Waals surface area contributed by atoms with E-state index in [4.69, 9.17) is 9.72 Å². The number of anilines is 2. The van der Waals surface area contributed by atoms with E-state index in [1.807, 2.05) is 44.1 Å². The van der Waals surface area contributed by atoms with Gasteiger partial charge in [0.2, 0.25) is 5.43 Å². The smallest absolute Gasteiger partial charge is 0.261 e. The molecular formula is C36H44F2N5O3+. The number of likely N-dealkylation sites (tertiary alicyclic amines) is 1. The number of hydrogen-bond donors (Lipinski definition) is 1. The van der Waals surface area contributed by atoms with E-state index in [9.17, 15) is 18.4 Å². The van der Waals surface area contributed by atoms with Gasteiger partial charge in [-0.2, -0.15) is 0 Å². The molecule has 8 nitrogen and oxygen atoms in total. The number of nitrogens with one attached hydrogen (secondary N) is 1. The molecular weight excluding hydrogens is 588 g/mol. The van der Waals surface area contributed by atoms with Crippen molar-refractivity contribution in [2.24, 2.45) is 0 Å². The Labute approximate surface area is 269 Å². The lowest BCUT2D eigenvalue weighted by Gasteiger charge is -2.29. The maximum absolute atomic E-state index is 13.8. The summed E-state index contributed by atoms with van der Waals surface area (Å²) in [5.74, 6) is -1.06. The molecule has 46 heavy (non-hydrogen) atoms. The first-order valence-corrected chi connectivity index (χ1v) is 16.1. The van der Waals surface area contributed by atoms with Gasteiger partial charge in [0.05, 0.1) is 38.7 Å².